The third-order valence-corrected chi connectivity index (χ3v) is 1.72. The number of nitriles is 1. The van der Waals surface area contributed by atoms with Gasteiger partial charge in [-0.15, -0.1) is 0 Å². The molecule has 1 heterocycles. The van der Waals surface area contributed by atoms with Crippen LogP contribution in [0.5, 0.6) is 0 Å². The average molecular weight is 206 g/mol. The first-order valence-electron chi connectivity index (χ1n) is 4.16. The molecule has 0 spiro atoms. The van der Waals surface area contributed by atoms with Crippen molar-refractivity contribution in [3.8, 4) is 6.07 Å². The SMILES string of the molecule is CN(C)C(=O)C(C#N)=C(O)c1ccco1. The van der Waals surface area contributed by atoms with Crippen LogP contribution in [-0.2, 0) is 4.79 Å². The van der Waals surface area contributed by atoms with Crippen LogP contribution in [0.25, 0.3) is 5.76 Å². The first kappa shape index (κ1) is 10.9. The average Bonchev–Trinajstić information content (AvgIpc) is 2.71. The van der Waals surface area contributed by atoms with Crippen LogP contribution in [0.1, 0.15) is 5.76 Å². The zero-order valence-corrected chi connectivity index (χ0v) is 8.39. The lowest BCUT2D eigenvalue weighted by Crippen LogP contribution is -2.23. The normalized spacial score (nSPS) is 11.5. The highest BCUT2D eigenvalue weighted by atomic mass is 16.4. The topological polar surface area (TPSA) is 77.5 Å². The van der Waals surface area contributed by atoms with Crippen LogP contribution in [0, 0.1) is 11.3 Å². The van der Waals surface area contributed by atoms with Gasteiger partial charge in [-0.3, -0.25) is 4.79 Å². The van der Waals surface area contributed by atoms with Gasteiger partial charge in [0.15, 0.2) is 17.1 Å². The fourth-order valence-corrected chi connectivity index (χ4v) is 0.962. The van der Waals surface area contributed by atoms with E-state index >= 15 is 0 Å². The summed E-state index contributed by atoms with van der Waals surface area (Å²) in [6.07, 6.45) is 1.35. The van der Waals surface area contributed by atoms with E-state index in [0.717, 1.165) is 0 Å². The molecule has 5 heteroatoms. The zero-order valence-electron chi connectivity index (χ0n) is 8.39. The number of furan rings is 1. The van der Waals surface area contributed by atoms with Crippen molar-refractivity contribution in [2.75, 3.05) is 14.1 Å². The van der Waals surface area contributed by atoms with Gasteiger partial charge >= 0.3 is 0 Å². The molecule has 1 rings (SSSR count). The Morgan fingerprint density at radius 2 is 2.27 bits per heavy atom. The van der Waals surface area contributed by atoms with Crippen LogP contribution in [0.3, 0.4) is 0 Å². The molecule has 0 aliphatic heterocycles. The lowest BCUT2D eigenvalue weighted by atomic mass is 10.2. The van der Waals surface area contributed by atoms with Crippen molar-refractivity contribution in [2.45, 2.75) is 0 Å². The second-order valence-electron chi connectivity index (χ2n) is 3.01. The Balaban J connectivity index is 3.17. The maximum Gasteiger partial charge on any atom is 0.267 e. The number of carbonyl (C=O) groups is 1. The highest BCUT2D eigenvalue weighted by molar-refractivity contribution is 6.02. The molecule has 15 heavy (non-hydrogen) atoms. The molecule has 1 amide bonds. The summed E-state index contributed by atoms with van der Waals surface area (Å²) in [6, 6.07) is 4.67. The lowest BCUT2D eigenvalue weighted by Gasteiger charge is -2.09. The molecule has 0 radical (unpaired) electrons. The highest BCUT2D eigenvalue weighted by Crippen LogP contribution is 2.16. The Morgan fingerprint density at radius 3 is 2.67 bits per heavy atom. The molecule has 0 bridgehead atoms. The molecule has 0 aliphatic carbocycles. The Labute approximate surface area is 86.8 Å². The van der Waals surface area contributed by atoms with Crippen molar-refractivity contribution in [3.63, 3.8) is 0 Å². The van der Waals surface area contributed by atoms with Crippen LogP contribution >= 0.6 is 0 Å². The molecule has 78 valence electrons. The number of aliphatic hydroxyl groups excluding tert-OH is 1. The maximum atomic E-state index is 11.5. The molecular weight excluding hydrogens is 196 g/mol. The number of aliphatic hydroxyl groups is 1. The summed E-state index contributed by atoms with van der Waals surface area (Å²) in [5.41, 5.74) is -0.338. The van der Waals surface area contributed by atoms with Crippen LogP contribution in [0.4, 0.5) is 0 Å². The van der Waals surface area contributed by atoms with Crippen LogP contribution in [-0.4, -0.2) is 30.0 Å². The number of hydrogen-bond acceptors (Lipinski definition) is 4. The summed E-state index contributed by atoms with van der Waals surface area (Å²) in [5.74, 6) is -0.908. The number of hydrogen-bond donors (Lipinski definition) is 1. The van der Waals surface area contributed by atoms with E-state index in [2.05, 4.69) is 0 Å². The first-order valence-corrected chi connectivity index (χ1v) is 4.16. The fourth-order valence-electron chi connectivity index (χ4n) is 0.962. The Hall–Kier alpha value is -2.22. The molecular formula is C10H10N2O3. The summed E-state index contributed by atoms with van der Waals surface area (Å²) in [7, 11) is 2.99. The molecule has 0 aliphatic rings. The van der Waals surface area contributed by atoms with Crippen molar-refractivity contribution in [1.82, 2.24) is 4.90 Å². The molecule has 1 aromatic rings. The van der Waals surface area contributed by atoms with E-state index in [9.17, 15) is 9.90 Å². The summed E-state index contributed by atoms with van der Waals surface area (Å²) >= 11 is 0. The standard InChI is InChI=1S/C10H10N2O3/c1-12(2)10(14)7(6-11)9(13)8-4-3-5-15-8/h3-5,13H,1-2H3. The molecule has 0 saturated heterocycles. The van der Waals surface area contributed by atoms with Gasteiger partial charge in [0.1, 0.15) is 6.07 Å². The van der Waals surface area contributed by atoms with Gasteiger partial charge in [-0.1, -0.05) is 0 Å². The van der Waals surface area contributed by atoms with Gasteiger partial charge in [0.05, 0.1) is 6.26 Å². The number of rotatable bonds is 2. The van der Waals surface area contributed by atoms with E-state index < -0.39 is 11.7 Å². The molecule has 0 unspecified atom stereocenters. The van der Waals surface area contributed by atoms with Gasteiger partial charge in [-0.25, -0.2) is 0 Å². The van der Waals surface area contributed by atoms with E-state index in [-0.39, 0.29) is 11.3 Å². The van der Waals surface area contributed by atoms with E-state index in [4.69, 9.17) is 9.68 Å². The van der Waals surface area contributed by atoms with E-state index in [1.54, 1.807) is 12.1 Å². The van der Waals surface area contributed by atoms with E-state index in [0.29, 0.717) is 0 Å². The minimum atomic E-state index is -0.564. The minimum absolute atomic E-state index is 0.0988. The monoisotopic (exact) mass is 206 g/mol. The predicted octanol–water partition coefficient (Wildman–Crippen LogP) is 1.16. The summed E-state index contributed by atoms with van der Waals surface area (Å²) in [4.78, 5) is 12.7. The number of likely N-dealkylation sites (N-methyl/N-ethyl adjacent to an activating group) is 1. The summed E-state index contributed by atoms with van der Waals surface area (Å²) in [6.45, 7) is 0. The van der Waals surface area contributed by atoms with Crippen molar-refractivity contribution < 1.29 is 14.3 Å². The third-order valence-electron chi connectivity index (χ3n) is 1.72. The smallest absolute Gasteiger partial charge is 0.267 e. The molecule has 1 N–H and O–H groups in total. The molecule has 0 saturated carbocycles. The molecule has 0 fully saturated rings. The number of amides is 1. The van der Waals surface area contributed by atoms with Gasteiger partial charge in [-0.2, -0.15) is 5.26 Å². The van der Waals surface area contributed by atoms with Gasteiger partial charge in [0.25, 0.3) is 5.91 Å². The van der Waals surface area contributed by atoms with Gasteiger partial charge in [-0.05, 0) is 12.1 Å². The van der Waals surface area contributed by atoms with Crippen molar-refractivity contribution in [1.29, 1.82) is 5.26 Å². The zero-order chi connectivity index (χ0) is 11.4. The Bertz CT molecular complexity index is 424. The number of carbonyl (C=O) groups excluding carboxylic acids is 1. The highest BCUT2D eigenvalue weighted by Gasteiger charge is 2.19. The second-order valence-corrected chi connectivity index (χ2v) is 3.01. The number of nitrogens with zero attached hydrogens (tertiary/aromatic N) is 2. The largest absolute Gasteiger partial charge is 0.503 e. The van der Waals surface area contributed by atoms with Crippen molar-refractivity contribution in [3.05, 3.63) is 29.7 Å². The van der Waals surface area contributed by atoms with Crippen LogP contribution < -0.4 is 0 Å². The second kappa shape index (κ2) is 4.33. The van der Waals surface area contributed by atoms with Crippen molar-refractivity contribution >= 4 is 11.7 Å². The molecule has 0 aromatic carbocycles. The van der Waals surface area contributed by atoms with E-state index in [1.165, 1.54) is 31.3 Å². The fraction of sp³-hybridized carbons (Fsp3) is 0.200. The lowest BCUT2D eigenvalue weighted by molar-refractivity contribution is -0.124. The molecule has 0 atom stereocenters. The summed E-state index contributed by atoms with van der Waals surface area (Å²) in [5, 5.41) is 18.4. The predicted molar refractivity (Wildman–Crippen MR) is 52.6 cm³/mol. The van der Waals surface area contributed by atoms with Crippen LogP contribution in [0.15, 0.2) is 28.4 Å². The quantitative estimate of drug-likeness (QED) is 0.447. The first-order chi connectivity index (χ1) is 7.07. The van der Waals surface area contributed by atoms with Gasteiger partial charge < -0.3 is 14.4 Å². The summed E-state index contributed by atoms with van der Waals surface area (Å²) < 4.78 is 4.88. The maximum absolute atomic E-state index is 11.5. The van der Waals surface area contributed by atoms with Gasteiger partial charge in [0, 0.05) is 14.1 Å². The Morgan fingerprint density at radius 1 is 1.60 bits per heavy atom. The molecule has 1 aromatic heterocycles. The van der Waals surface area contributed by atoms with Gasteiger partial charge in [0.2, 0.25) is 0 Å². The van der Waals surface area contributed by atoms with Crippen molar-refractivity contribution in [2.24, 2.45) is 0 Å². The third kappa shape index (κ3) is 2.17. The molecule has 5 nitrogen and oxygen atoms in total. The van der Waals surface area contributed by atoms with Crippen LogP contribution in [0.2, 0.25) is 0 Å². The Kier molecular flexibility index (Phi) is 3.13. The van der Waals surface area contributed by atoms with E-state index in [1.807, 2.05) is 0 Å². The minimum Gasteiger partial charge on any atom is -0.503 e.